The monoisotopic (exact) mass is 437 g/mol. The van der Waals surface area contributed by atoms with Gasteiger partial charge in [-0.15, -0.1) is 11.8 Å². The van der Waals surface area contributed by atoms with Gasteiger partial charge >= 0.3 is 0 Å². The number of hydrogen-bond donors (Lipinski definition) is 2. The van der Waals surface area contributed by atoms with Gasteiger partial charge in [-0.05, 0) is 30.0 Å². The van der Waals surface area contributed by atoms with Crippen LogP contribution in [0.3, 0.4) is 0 Å². The summed E-state index contributed by atoms with van der Waals surface area (Å²) in [5.74, 6) is -0.198. The zero-order valence-corrected chi connectivity index (χ0v) is 18.7. The van der Waals surface area contributed by atoms with E-state index in [-0.39, 0.29) is 35.1 Å². The number of carbonyl (C=O) groups excluding carboxylic acids is 3. The molecule has 4 rings (SSSR count). The minimum absolute atomic E-state index is 0.0942. The first-order valence-corrected chi connectivity index (χ1v) is 11.6. The Morgan fingerprint density at radius 2 is 1.68 bits per heavy atom. The summed E-state index contributed by atoms with van der Waals surface area (Å²) in [4.78, 5) is 40.7. The molecule has 2 heterocycles. The molecule has 3 amide bonds. The number of fused-ring (bicyclic) bond motifs is 3. The van der Waals surface area contributed by atoms with Crippen molar-refractivity contribution in [3.63, 3.8) is 0 Å². The van der Waals surface area contributed by atoms with Gasteiger partial charge in [0.15, 0.2) is 0 Å². The Kier molecular flexibility index (Phi) is 6.05. The standard InChI is InChI=1S/C24H27N3O3S/c1-14(2)20(22(29)25-15(3)16-9-5-4-6-10-16)26-21(28)19-13-31-24-18-12-8-7-11-17(18)23(30)27(19)24/h4-12,14-15,19-20,24H,13H2,1-3H3,(H,25,29)(H,26,28)/t15?,19-,20-,24?/m0/s1. The lowest BCUT2D eigenvalue weighted by atomic mass is 10.0. The van der Waals surface area contributed by atoms with Gasteiger partial charge in [-0.2, -0.15) is 0 Å². The molecule has 0 spiro atoms. The van der Waals surface area contributed by atoms with E-state index < -0.39 is 12.1 Å². The van der Waals surface area contributed by atoms with Crippen LogP contribution in [0.5, 0.6) is 0 Å². The minimum Gasteiger partial charge on any atom is -0.348 e. The van der Waals surface area contributed by atoms with Crippen molar-refractivity contribution < 1.29 is 14.4 Å². The van der Waals surface area contributed by atoms with Crippen LogP contribution in [0.25, 0.3) is 0 Å². The molecule has 1 saturated heterocycles. The second-order valence-corrected chi connectivity index (χ2v) is 9.49. The number of rotatable bonds is 6. The summed E-state index contributed by atoms with van der Waals surface area (Å²) in [5, 5.41) is 5.78. The maximum absolute atomic E-state index is 13.2. The first kappa shape index (κ1) is 21.4. The lowest BCUT2D eigenvalue weighted by molar-refractivity contribution is -0.132. The molecule has 162 valence electrons. The van der Waals surface area contributed by atoms with E-state index in [9.17, 15) is 14.4 Å². The van der Waals surface area contributed by atoms with E-state index in [0.717, 1.165) is 11.1 Å². The third-order valence-corrected chi connectivity index (χ3v) is 7.21. The summed E-state index contributed by atoms with van der Waals surface area (Å²) in [5.41, 5.74) is 2.62. The molecule has 31 heavy (non-hydrogen) atoms. The molecule has 2 aromatic rings. The number of nitrogens with zero attached hydrogens (tertiary/aromatic N) is 1. The molecule has 2 unspecified atom stereocenters. The quantitative estimate of drug-likeness (QED) is 0.727. The highest BCUT2D eigenvalue weighted by molar-refractivity contribution is 7.99. The third-order valence-electron chi connectivity index (χ3n) is 5.90. The van der Waals surface area contributed by atoms with Crippen LogP contribution < -0.4 is 10.6 Å². The largest absolute Gasteiger partial charge is 0.348 e. The summed E-state index contributed by atoms with van der Waals surface area (Å²) < 4.78 is 0. The summed E-state index contributed by atoms with van der Waals surface area (Å²) in [6, 6.07) is 15.8. The number of nitrogens with one attached hydrogen (secondary N) is 2. The molecule has 0 radical (unpaired) electrons. The van der Waals surface area contributed by atoms with Gasteiger partial charge in [0.05, 0.1) is 6.04 Å². The summed E-state index contributed by atoms with van der Waals surface area (Å²) in [6.45, 7) is 5.73. The summed E-state index contributed by atoms with van der Waals surface area (Å²) in [6.07, 6.45) is 0. The molecule has 2 aliphatic rings. The SMILES string of the molecule is CC(NC(=O)[C@@H](NC(=O)[C@@H]1CSC2c3ccccc3C(=O)N21)C(C)C)c1ccccc1. The molecular weight excluding hydrogens is 410 g/mol. The van der Waals surface area contributed by atoms with Gasteiger partial charge in [0.25, 0.3) is 5.91 Å². The zero-order valence-electron chi connectivity index (χ0n) is 17.9. The Morgan fingerprint density at radius 3 is 2.39 bits per heavy atom. The molecular formula is C24H27N3O3S. The van der Waals surface area contributed by atoms with Crippen molar-refractivity contribution >= 4 is 29.5 Å². The number of amides is 3. The van der Waals surface area contributed by atoms with E-state index in [4.69, 9.17) is 0 Å². The molecule has 2 N–H and O–H groups in total. The van der Waals surface area contributed by atoms with Gasteiger partial charge in [0, 0.05) is 11.3 Å². The fraction of sp³-hybridized carbons (Fsp3) is 0.375. The van der Waals surface area contributed by atoms with Crippen molar-refractivity contribution in [1.82, 2.24) is 15.5 Å². The number of carbonyl (C=O) groups is 3. The van der Waals surface area contributed by atoms with Crippen molar-refractivity contribution in [2.24, 2.45) is 5.92 Å². The highest BCUT2D eigenvalue weighted by Gasteiger charge is 2.48. The van der Waals surface area contributed by atoms with E-state index in [1.54, 1.807) is 22.7 Å². The van der Waals surface area contributed by atoms with Crippen LogP contribution in [-0.2, 0) is 9.59 Å². The zero-order chi connectivity index (χ0) is 22.1. The maximum Gasteiger partial charge on any atom is 0.256 e. The molecule has 6 nitrogen and oxygen atoms in total. The van der Waals surface area contributed by atoms with E-state index in [2.05, 4.69) is 10.6 Å². The molecule has 2 aromatic carbocycles. The van der Waals surface area contributed by atoms with Gasteiger partial charge < -0.3 is 15.5 Å². The van der Waals surface area contributed by atoms with Gasteiger partial charge in [0.1, 0.15) is 17.5 Å². The van der Waals surface area contributed by atoms with Crippen LogP contribution in [0.1, 0.15) is 53.7 Å². The van der Waals surface area contributed by atoms with Crippen LogP contribution >= 0.6 is 11.8 Å². The second-order valence-electron chi connectivity index (χ2n) is 8.37. The first-order chi connectivity index (χ1) is 14.9. The highest BCUT2D eigenvalue weighted by atomic mass is 32.2. The molecule has 0 aliphatic carbocycles. The van der Waals surface area contributed by atoms with Crippen LogP contribution in [-0.4, -0.2) is 40.5 Å². The topological polar surface area (TPSA) is 78.5 Å². The minimum atomic E-state index is -0.678. The molecule has 0 bridgehead atoms. The lowest BCUT2D eigenvalue weighted by Gasteiger charge is -2.28. The van der Waals surface area contributed by atoms with Crippen LogP contribution in [0.4, 0.5) is 0 Å². The molecule has 1 fully saturated rings. The predicted molar refractivity (Wildman–Crippen MR) is 121 cm³/mol. The first-order valence-electron chi connectivity index (χ1n) is 10.6. The molecule has 0 saturated carbocycles. The van der Waals surface area contributed by atoms with Crippen LogP contribution in [0, 0.1) is 5.92 Å². The number of hydrogen-bond acceptors (Lipinski definition) is 4. The van der Waals surface area contributed by atoms with Crippen molar-refractivity contribution in [3.05, 3.63) is 71.3 Å². The average molecular weight is 438 g/mol. The van der Waals surface area contributed by atoms with Gasteiger partial charge in [-0.25, -0.2) is 0 Å². The van der Waals surface area contributed by atoms with Crippen molar-refractivity contribution in [2.75, 3.05) is 5.75 Å². The third kappa shape index (κ3) is 4.06. The Labute approximate surface area is 186 Å². The summed E-state index contributed by atoms with van der Waals surface area (Å²) >= 11 is 1.59. The maximum atomic E-state index is 13.2. The predicted octanol–water partition coefficient (Wildman–Crippen LogP) is 3.27. The van der Waals surface area contributed by atoms with E-state index in [1.807, 2.05) is 69.3 Å². The smallest absolute Gasteiger partial charge is 0.256 e. The lowest BCUT2D eigenvalue weighted by Crippen LogP contribution is -2.55. The number of benzene rings is 2. The van der Waals surface area contributed by atoms with Gasteiger partial charge in [0.2, 0.25) is 11.8 Å². The Balaban J connectivity index is 1.45. The molecule has 4 atom stereocenters. The van der Waals surface area contributed by atoms with Crippen molar-refractivity contribution in [1.29, 1.82) is 0 Å². The normalized spacial score (nSPS) is 21.4. The van der Waals surface area contributed by atoms with E-state index >= 15 is 0 Å². The van der Waals surface area contributed by atoms with Crippen LogP contribution in [0.15, 0.2) is 54.6 Å². The van der Waals surface area contributed by atoms with E-state index in [1.165, 1.54) is 0 Å². The fourth-order valence-corrected chi connectivity index (χ4v) is 5.62. The Hall–Kier alpha value is -2.80. The number of thioether (sulfide) groups is 1. The van der Waals surface area contributed by atoms with Crippen molar-refractivity contribution in [3.8, 4) is 0 Å². The van der Waals surface area contributed by atoms with Gasteiger partial charge in [-0.1, -0.05) is 62.4 Å². The fourth-order valence-electron chi connectivity index (χ4n) is 4.15. The second kappa shape index (κ2) is 8.75. The Morgan fingerprint density at radius 1 is 1.00 bits per heavy atom. The highest BCUT2D eigenvalue weighted by Crippen LogP contribution is 2.48. The molecule has 7 heteroatoms. The van der Waals surface area contributed by atoms with Crippen molar-refractivity contribution in [2.45, 2.75) is 44.3 Å². The summed E-state index contributed by atoms with van der Waals surface area (Å²) in [7, 11) is 0. The average Bonchev–Trinajstić information content (AvgIpc) is 3.32. The van der Waals surface area contributed by atoms with Crippen LogP contribution in [0.2, 0.25) is 0 Å². The molecule has 0 aromatic heterocycles. The Bertz CT molecular complexity index is 995. The van der Waals surface area contributed by atoms with E-state index in [0.29, 0.717) is 11.3 Å². The molecule has 2 aliphatic heterocycles. The van der Waals surface area contributed by atoms with Gasteiger partial charge in [-0.3, -0.25) is 14.4 Å².